The smallest absolute Gasteiger partial charge is 0.248 e. The van der Waals surface area contributed by atoms with Crippen LogP contribution in [0.5, 0.6) is 0 Å². The van der Waals surface area contributed by atoms with Crippen LogP contribution in [0.4, 0.5) is 11.4 Å². The summed E-state index contributed by atoms with van der Waals surface area (Å²) in [5, 5.41) is 0. The van der Waals surface area contributed by atoms with Crippen LogP contribution in [0.2, 0.25) is 0 Å². The van der Waals surface area contributed by atoms with E-state index >= 15 is 0 Å². The van der Waals surface area contributed by atoms with Crippen molar-refractivity contribution in [1.29, 1.82) is 0 Å². The summed E-state index contributed by atoms with van der Waals surface area (Å²) in [7, 11) is 0. The zero-order valence-corrected chi connectivity index (χ0v) is 15.1. The van der Waals surface area contributed by atoms with E-state index in [-0.39, 0.29) is 35.5 Å². The van der Waals surface area contributed by atoms with Crippen molar-refractivity contribution in [2.75, 3.05) is 22.9 Å². The van der Waals surface area contributed by atoms with Crippen LogP contribution in [0, 0.1) is 23.7 Å². The van der Waals surface area contributed by atoms with Crippen molar-refractivity contribution in [3.8, 4) is 0 Å². The molecule has 27 heavy (non-hydrogen) atoms. The molecule has 2 bridgehead atoms. The van der Waals surface area contributed by atoms with Gasteiger partial charge in [-0.15, -0.1) is 0 Å². The first-order chi connectivity index (χ1) is 13.1. The molecule has 6 nitrogen and oxygen atoms in total. The molecule has 2 aliphatic heterocycles. The predicted molar refractivity (Wildman–Crippen MR) is 101 cm³/mol. The molecule has 1 aromatic carbocycles. The summed E-state index contributed by atoms with van der Waals surface area (Å²) in [6.07, 6.45) is 8.43. The third-order valence-electron chi connectivity index (χ3n) is 6.67. The van der Waals surface area contributed by atoms with Gasteiger partial charge in [-0.05, 0) is 55.7 Å². The Kier molecular flexibility index (Phi) is 3.64. The molecule has 3 fully saturated rings. The Balaban J connectivity index is 1.59. The fourth-order valence-corrected chi connectivity index (χ4v) is 5.40. The van der Waals surface area contributed by atoms with Gasteiger partial charge in [-0.1, -0.05) is 12.2 Å². The van der Waals surface area contributed by atoms with E-state index in [1.807, 2.05) is 6.07 Å². The number of nitrogens with two attached hydrogens (primary N) is 1. The number of hydrogen-bond donors (Lipinski definition) is 1. The lowest BCUT2D eigenvalue weighted by molar-refractivity contribution is -0.123. The first kappa shape index (κ1) is 16.5. The van der Waals surface area contributed by atoms with Crippen LogP contribution in [0.25, 0.3) is 0 Å². The average molecular weight is 365 g/mol. The van der Waals surface area contributed by atoms with Crippen LogP contribution in [0.3, 0.4) is 0 Å². The molecule has 140 valence electrons. The fourth-order valence-electron chi connectivity index (χ4n) is 5.40. The molecule has 2 aliphatic carbocycles. The standard InChI is InChI=1S/C21H23N3O3/c22-19(25)14-6-7-15(23-8-2-1-3-9-23)16(11-14)24-20(26)17-12-4-5-13(10-12)18(17)21(24)27/h4-7,11-13,17-18H,1-3,8-10H2,(H2,22,25)/t12-,13+,17-,18-/m0/s1. The van der Waals surface area contributed by atoms with E-state index in [1.54, 1.807) is 12.1 Å². The maximum Gasteiger partial charge on any atom is 0.248 e. The fraction of sp³-hybridized carbons (Fsp3) is 0.476. The summed E-state index contributed by atoms with van der Waals surface area (Å²) in [6.45, 7) is 1.78. The molecule has 1 aromatic rings. The number of anilines is 2. The molecule has 0 unspecified atom stereocenters. The van der Waals surface area contributed by atoms with E-state index < -0.39 is 5.91 Å². The SMILES string of the molecule is NC(=O)c1ccc(N2CCCCC2)c(N2C(=O)[C@@H]3[C@@H](C2=O)[C@H]2C=C[C@@H]3C2)c1. The van der Waals surface area contributed by atoms with Gasteiger partial charge in [0.15, 0.2) is 0 Å². The zero-order chi connectivity index (χ0) is 18.7. The largest absolute Gasteiger partial charge is 0.370 e. The van der Waals surface area contributed by atoms with Crippen LogP contribution < -0.4 is 15.5 Å². The summed E-state index contributed by atoms with van der Waals surface area (Å²) in [5.41, 5.74) is 7.17. The van der Waals surface area contributed by atoms with Crippen molar-refractivity contribution in [3.63, 3.8) is 0 Å². The van der Waals surface area contributed by atoms with Crippen LogP contribution >= 0.6 is 0 Å². The predicted octanol–water partition coefficient (Wildman–Crippen LogP) is 2.09. The highest BCUT2D eigenvalue weighted by Gasteiger charge is 2.59. The second-order valence-electron chi connectivity index (χ2n) is 8.13. The van der Waals surface area contributed by atoms with Gasteiger partial charge in [0.05, 0.1) is 23.2 Å². The van der Waals surface area contributed by atoms with E-state index in [9.17, 15) is 14.4 Å². The van der Waals surface area contributed by atoms with Crippen LogP contribution in [-0.2, 0) is 9.59 Å². The molecule has 2 saturated heterocycles. The molecular formula is C21H23N3O3. The molecule has 5 rings (SSSR count). The second kappa shape index (κ2) is 5.94. The zero-order valence-electron chi connectivity index (χ0n) is 15.1. The first-order valence-corrected chi connectivity index (χ1v) is 9.81. The highest BCUT2D eigenvalue weighted by Crippen LogP contribution is 2.54. The van der Waals surface area contributed by atoms with Gasteiger partial charge in [0.2, 0.25) is 17.7 Å². The molecule has 4 aliphatic rings. The van der Waals surface area contributed by atoms with Gasteiger partial charge >= 0.3 is 0 Å². The summed E-state index contributed by atoms with van der Waals surface area (Å²) in [5.74, 6) is -0.970. The van der Waals surface area contributed by atoms with Gasteiger partial charge in [0.25, 0.3) is 0 Å². The molecule has 2 heterocycles. The summed E-state index contributed by atoms with van der Waals surface area (Å²) >= 11 is 0. The normalized spacial score (nSPS) is 31.7. The molecule has 4 atom stereocenters. The van der Waals surface area contributed by atoms with E-state index in [1.165, 1.54) is 11.3 Å². The van der Waals surface area contributed by atoms with Gasteiger partial charge in [-0.2, -0.15) is 0 Å². The summed E-state index contributed by atoms with van der Waals surface area (Å²) in [6, 6.07) is 5.15. The Morgan fingerprint density at radius 2 is 1.56 bits per heavy atom. The van der Waals surface area contributed by atoms with Gasteiger partial charge in [-0.3, -0.25) is 14.4 Å². The Morgan fingerprint density at radius 1 is 0.926 bits per heavy atom. The van der Waals surface area contributed by atoms with Crippen LogP contribution in [-0.4, -0.2) is 30.8 Å². The molecule has 6 heteroatoms. The van der Waals surface area contributed by atoms with Crippen molar-refractivity contribution >= 4 is 29.1 Å². The number of primary amides is 1. The number of imide groups is 1. The molecule has 0 spiro atoms. The summed E-state index contributed by atoms with van der Waals surface area (Å²) in [4.78, 5) is 41.8. The number of carbonyl (C=O) groups excluding carboxylic acids is 3. The Hall–Kier alpha value is -2.63. The number of rotatable bonds is 3. The molecule has 3 amide bonds. The number of piperidine rings is 1. The average Bonchev–Trinajstić information content (AvgIpc) is 3.36. The molecular weight excluding hydrogens is 342 g/mol. The van der Waals surface area contributed by atoms with Gasteiger partial charge in [-0.25, -0.2) is 4.90 Å². The van der Waals surface area contributed by atoms with Gasteiger partial charge in [0.1, 0.15) is 0 Å². The number of allylic oxidation sites excluding steroid dienone is 2. The van der Waals surface area contributed by atoms with E-state index in [0.29, 0.717) is 11.3 Å². The monoisotopic (exact) mass is 365 g/mol. The Morgan fingerprint density at radius 3 is 2.15 bits per heavy atom. The lowest BCUT2D eigenvalue weighted by Gasteiger charge is -2.32. The molecule has 0 radical (unpaired) electrons. The highest BCUT2D eigenvalue weighted by molar-refractivity contribution is 6.24. The molecule has 1 saturated carbocycles. The first-order valence-electron chi connectivity index (χ1n) is 9.81. The molecule has 2 N–H and O–H groups in total. The lowest BCUT2D eigenvalue weighted by Crippen LogP contribution is -2.36. The van der Waals surface area contributed by atoms with Crippen molar-refractivity contribution in [1.82, 2.24) is 0 Å². The number of hydrogen-bond acceptors (Lipinski definition) is 4. The minimum Gasteiger partial charge on any atom is -0.370 e. The van der Waals surface area contributed by atoms with E-state index in [2.05, 4.69) is 17.1 Å². The number of carbonyl (C=O) groups is 3. The lowest BCUT2D eigenvalue weighted by atomic mass is 9.85. The number of amides is 3. The number of benzene rings is 1. The van der Waals surface area contributed by atoms with Crippen molar-refractivity contribution in [2.24, 2.45) is 29.4 Å². The summed E-state index contributed by atoms with van der Waals surface area (Å²) < 4.78 is 0. The number of fused-ring (bicyclic) bond motifs is 5. The van der Waals surface area contributed by atoms with E-state index in [4.69, 9.17) is 5.73 Å². The van der Waals surface area contributed by atoms with Crippen molar-refractivity contribution in [2.45, 2.75) is 25.7 Å². The van der Waals surface area contributed by atoms with E-state index in [0.717, 1.165) is 38.0 Å². The maximum absolute atomic E-state index is 13.2. The van der Waals surface area contributed by atoms with Crippen molar-refractivity contribution in [3.05, 3.63) is 35.9 Å². The minimum absolute atomic E-state index is 0.123. The molecule has 0 aromatic heterocycles. The van der Waals surface area contributed by atoms with Crippen LogP contribution in [0.1, 0.15) is 36.0 Å². The minimum atomic E-state index is -0.553. The number of nitrogens with zero attached hydrogens (tertiary/aromatic N) is 2. The van der Waals surface area contributed by atoms with Gasteiger partial charge < -0.3 is 10.6 Å². The van der Waals surface area contributed by atoms with Crippen LogP contribution in [0.15, 0.2) is 30.4 Å². The quantitative estimate of drug-likeness (QED) is 0.657. The third-order valence-corrected chi connectivity index (χ3v) is 6.67. The topological polar surface area (TPSA) is 83.7 Å². The third kappa shape index (κ3) is 2.35. The Bertz CT molecular complexity index is 841. The second-order valence-corrected chi connectivity index (χ2v) is 8.13. The van der Waals surface area contributed by atoms with Gasteiger partial charge in [0, 0.05) is 18.7 Å². The van der Waals surface area contributed by atoms with Crippen molar-refractivity contribution < 1.29 is 14.4 Å². The Labute approximate surface area is 158 Å². The maximum atomic E-state index is 13.2. The highest BCUT2D eigenvalue weighted by atomic mass is 16.2.